The van der Waals surface area contributed by atoms with Gasteiger partial charge in [0.15, 0.2) is 0 Å². The second kappa shape index (κ2) is 9.31. The molecule has 0 saturated heterocycles. The van der Waals surface area contributed by atoms with Crippen LogP contribution in [0.3, 0.4) is 0 Å². The molecule has 0 radical (unpaired) electrons. The summed E-state index contributed by atoms with van der Waals surface area (Å²) in [5.74, 6) is -0.233. The number of benzene rings is 1. The van der Waals surface area contributed by atoms with Crippen LogP contribution in [0.4, 0.5) is 9.18 Å². The van der Waals surface area contributed by atoms with Crippen LogP contribution < -0.4 is 10.6 Å². The van der Waals surface area contributed by atoms with E-state index in [0.717, 1.165) is 24.8 Å². The summed E-state index contributed by atoms with van der Waals surface area (Å²) in [6.07, 6.45) is 2.84. The van der Waals surface area contributed by atoms with Gasteiger partial charge in [0, 0.05) is 19.2 Å². The summed E-state index contributed by atoms with van der Waals surface area (Å²) in [6.45, 7) is 2.57. The number of carbonyl (C=O) groups is 1. The summed E-state index contributed by atoms with van der Waals surface area (Å²) < 4.78 is 13.0. The maximum Gasteiger partial charge on any atom is 0.315 e. The number of aliphatic hydroxyl groups excluding tert-OH is 1. The Bertz CT molecular complexity index is 413. The molecule has 0 fully saturated rings. The van der Waals surface area contributed by atoms with Gasteiger partial charge in [-0.2, -0.15) is 0 Å². The Kier molecular flexibility index (Phi) is 7.65. The van der Waals surface area contributed by atoms with Crippen LogP contribution in [0.5, 0.6) is 0 Å². The van der Waals surface area contributed by atoms with Crippen molar-refractivity contribution in [2.24, 2.45) is 0 Å². The summed E-state index contributed by atoms with van der Waals surface area (Å²) in [7, 11) is 0. The average molecular weight is 282 g/mol. The predicted molar refractivity (Wildman–Crippen MR) is 77.0 cm³/mol. The highest BCUT2D eigenvalue weighted by molar-refractivity contribution is 5.74. The van der Waals surface area contributed by atoms with Gasteiger partial charge in [-0.1, -0.05) is 19.1 Å². The number of rotatable bonds is 8. The zero-order chi connectivity index (χ0) is 14.8. The van der Waals surface area contributed by atoms with Crippen LogP contribution in [0.15, 0.2) is 24.3 Å². The summed E-state index contributed by atoms with van der Waals surface area (Å²) in [6, 6.07) is 6.27. The number of nitrogens with one attached hydrogen (secondary N) is 2. The molecular weight excluding hydrogens is 259 g/mol. The maximum atomic E-state index is 13.0. The Morgan fingerprint density at radius 1 is 1.45 bits per heavy atom. The fraction of sp³-hybridized carbons (Fsp3) is 0.533. The summed E-state index contributed by atoms with van der Waals surface area (Å²) in [5.41, 5.74) is 0.930. The molecule has 0 aromatic heterocycles. The van der Waals surface area contributed by atoms with Crippen molar-refractivity contribution in [3.8, 4) is 0 Å². The van der Waals surface area contributed by atoms with E-state index < -0.39 is 0 Å². The fourth-order valence-electron chi connectivity index (χ4n) is 1.96. The molecule has 1 unspecified atom stereocenters. The molecule has 5 heteroatoms. The van der Waals surface area contributed by atoms with Crippen molar-refractivity contribution in [2.45, 2.75) is 38.6 Å². The van der Waals surface area contributed by atoms with Gasteiger partial charge in [-0.3, -0.25) is 0 Å². The molecule has 0 bridgehead atoms. The number of urea groups is 1. The molecular formula is C15H23FN2O2. The van der Waals surface area contributed by atoms with Gasteiger partial charge >= 0.3 is 6.03 Å². The van der Waals surface area contributed by atoms with Gasteiger partial charge in [0.1, 0.15) is 5.82 Å². The minimum atomic E-state index is -0.233. The fourth-order valence-corrected chi connectivity index (χ4v) is 1.96. The van der Waals surface area contributed by atoms with Gasteiger partial charge in [0.2, 0.25) is 0 Å². The summed E-state index contributed by atoms with van der Waals surface area (Å²) in [4.78, 5) is 11.6. The molecule has 0 aliphatic heterocycles. The lowest BCUT2D eigenvalue weighted by atomic mass is 10.1. The SMILES string of the molecule is CCC(CCO)NC(=O)NCCCc1cccc(F)c1. The minimum Gasteiger partial charge on any atom is -0.396 e. The molecule has 1 atom stereocenters. The molecule has 112 valence electrons. The van der Waals surface area contributed by atoms with Crippen LogP contribution >= 0.6 is 0 Å². The molecule has 0 saturated carbocycles. The van der Waals surface area contributed by atoms with E-state index in [4.69, 9.17) is 5.11 Å². The third-order valence-electron chi connectivity index (χ3n) is 3.12. The van der Waals surface area contributed by atoms with Crippen LogP contribution in [0.25, 0.3) is 0 Å². The Labute approximate surface area is 119 Å². The van der Waals surface area contributed by atoms with Crippen molar-refractivity contribution >= 4 is 6.03 Å². The molecule has 2 amide bonds. The van der Waals surface area contributed by atoms with Gasteiger partial charge in [-0.25, -0.2) is 9.18 Å². The molecule has 0 aliphatic rings. The molecule has 0 heterocycles. The highest BCUT2D eigenvalue weighted by Crippen LogP contribution is 2.05. The van der Waals surface area contributed by atoms with Crippen LogP contribution in [-0.2, 0) is 6.42 Å². The van der Waals surface area contributed by atoms with Gasteiger partial charge in [0.25, 0.3) is 0 Å². The van der Waals surface area contributed by atoms with E-state index in [-0.39, 0.29) is 24.5 Å². The predicted octanol–water partition coefficient (Wildman–Crippen LogP) is 2.22. The number of carbonyl (C=O) groups excluding carboxylic acids is 1. The van der Waals surface area contributed by atoms with E-state index in [9.17, 15) is 9.18 Å². The second-order valence-corrected chi connectivity index (χ2v) is 4.75. The summed E-state index contributed by atoms with van der Waals surface area (Å²) >= 11 is 0. The van der Waals surface area contributed by atoms with E-state index in [2.05, 4.69) is 10.6 Å². The van der Waals surface area contributed by atoms with Crippen molar-refractivity contribution in [1.82, 2.24) is 10.6 Å². The monoisotopic (exact) mass is 282 g/mol. The zero-order valence-corrected chi connectivity index (χ0v) is 11.9. The van der Waals surface area contributed by atoms with Gasteiger partial charge < -0.3 is 15.7 Å². The topological polar surface area (TPSA) is 61.4 Å². The van der Waals surface area contributed by atoms with E-state index in [0.29, 0.717) is 13.0 Å². The Morgan fingerprint density at radius 3 is 2.90 bits per heavy atom. The molecule has 1 rings (SSSR count). The van der Waals surface area contributed by atoms with Crippen molar-refractivity contribution in [3.63, 3.8) is 0 Å². The zero-order valence-electron chi connectivity index (χ0n) is 11.9. The first-order valence-electron chi connectivity index (χ1n) is 7.05. The molecule has 20 heavy (non-hydrogen) atoms. The number of amides is 2. The Balaban J connectivity index is 2.18. The largest absolute Gasteiger partial charge is 0.396 e. The maximum absolute atomic E-state index is 13.0. The third kappa shape index (κ3) is 6.52. The first kappa shape index (κ1) is 16.4. The van der Waals surface area contributed by atoms with Crippen LogP contribution in [-0.4, -0.2) is 30.3 Å². The summed E-state index contributed by atoms with van der Waals surface area (Å²) in [5, 5.41) is 14.4. The van der Waals surface area contributed by atoms with Crippen molar-refractivity contribution in [2.75, 3.05) is 13.2 Å². The number of halogens is 1. The lowest BCUT2D eigenvalue weighted by Gasteiger charge is -2.16. The van der Waals surface area contributed by atoms with Gasteiger partial charge in [0.05, 0.1) is 0 Å². The highest BCUT2D eigenvalue weighted by atomic mass is 19.1. The van der Waals surface area contributed by atoms with Crippen LogP contribution in [0, 0.1) is 5.82 Å². The van der Waals surface area contributed by atoms with Crippen LogP contribution in [0.2, 0.25) is 0 Å². The first-order valence-corrected chi connectivity index (χ1v) is 7.05. The standard InChI is InChI=1S/C15H23FN2O2/c1-2-14(8-10-19)18-15(20)17-9-4-6-12-5-3-7-13(16)11-12/h3,5,7,11,14,19H,2,4,6,8-10H2,1H3,(H2,17,18,20). The van der Waals surface area contributed by atoms with Gasteiger partial charge in [-0.05, 0) is 43.4 Å². The smallest absolute Gasteiger partial charge is 0.315 e. The molecule has 1 aromatic rings. The van der Waals surface area contributed by atoms with E-state index in [1.54, 1.807) is 6.07 Å². The van der Waals surface area contributed by atoms with Crippen molar-refractivity contribution in [1.29, 1.82) is 0 Å². The molecule has 3 N–H and O–H groups in total. The number of aliphatic hydroxyl groups is 1. The lowest BCUT2D eigenvalue weighted by molar-refractivity contribution is 0.228. The number of aryl methyl sites for hydroxylation is 1. The number of hydrogen-bond donors (Lipinski definition) is 3. The third-order valence-corrected chi connectivity index (χ3v) is 3.12. The molecule has 0 aliphatic carbocycles. The van der Waals surface area contributed by atoms with E-state index in [1.165, 1.54) is 12.1 Å². The van der Waals surface area contributed by atoms with E-state index in [1.807, 2.05) is 13.0 Å². The number of hydrogen-bond acceptors (Lipinski definition) is 2. The minimum absolute atomic E-state index is 0.00298. The first-order chi connectivity index (χ1) is 9.65. The van der Waals surface area contributed by atoms with E-state index >= 15 is 0 Å². The Hall–Kier alpha value is -1.62. The quantitative estimate of drug-likeness (QED) is 0.640. The molecule has 1 aromatic carbocycles. The lowest BCUT2D eigenvalue weighted by Crippen LogP contribution is -2.42. The van der Waals surface area contributed by atoms with Gasteiger partial charge in [-0.15, -0.1) is 0 Å². The Morgan fingerprint density at radius 2 is 2.25 bits per heavy atom. The highest BCUT2D eigenvalue weighted by Gasteiger charge is 2.08. The molecule has 0 spiro atoms. The second-order valence-electron chi connectivity index (χ2n) is 4.75. The van der Waals surface area contributed by atoms with Crippen molar-refractivity contribution in [3.05, 3.63) is 35.6 Å². The average Bonchev–Trinajstić information content (AvgIpc) is 2.43. The van der Waals surface area contributed by atoms with Crippen LogP contribution in [0.1, 0.15) is 31.7 Å². The van der Waals surface area contributed by atoms with Crippen molar-refractivity contribution < 1.29 is 14.3 Å². The molecule has 4 nitrogen and oxygen atoms in total. The normalized spacial score (nSPS) is 11.9.